The molecule has 1 N–H and O–H groups in total. The number of amides is 1. The number of ether oxygens (including phenoxy) is 1. The van der Waals surface area contributed by atoms with Crippen molar-refractivity contribution < 1.29 is 17.9 Å². The first-order valence-electron chi connectivity index (χ1n) is 10.9. The zero-order valence-electron chi connectivity index (χ0n) is 18.8. The molecule has 3 aromatic carbocycles. The molecular formula is C25H26ClN3O4S. The van der Waals surface area contributed by atoms with Crippen molar-refractivity contribution in [2.75, 3.05) is 47.4 Å². The quantitative estimate of drug-likeness (QED) is 0.523. The molecule has 1 aliphatic heterocycles. The van der Waals surface area contributed by atoms with Crippen LogP contribution in [-0.4, -0.2) is 47.2 Å². The lowest BCUT2D eigenvalue weighted by molar-refractivity contribution is -0.114. The van der Waals surface area contributed by atoms with E-state index >= 15 is 0 Å². The minimum Gasteiger partial charge on any atom is -0.378 e. The molecule has 4 rings (SSSR count). The van der Waals surface area contributed by atoms with Gasteiger partial charge in [0, 0.05) is 29.5 Å². The first kappa shape index (κ1) is 24.1. The number of nitrogens with one attached hydrogen (secondary N) is 1. The third kappa shape index (κ3) is 5.52. The number of nitrogens with zero attached hydrogens (tertiary/aromatic N) is 2. The van der Waals surface area contributed by atoms with Gasteiger partial charge >= 0.3 is 0 Å². The molecule has 0 aromatic heterocycles. The van der Waals surface area contributed by atoms with Gasteiger partial charge in [0.1, 0.15) is 6.54 Å². The summed E-state index contributed by atoms with van der Waals surface area (Å²) in [6.45, 7) is 4.39. The van der Waals surface area contributed by atoms with Crippen molar-refractivity contribution in [2.24, 2.45) is 0 Å². The molecule has 0 saturated carbocycles. The van der Waals surface area contributed by atoms with Gasteiger partial charge in [-0.15, -0.1) is 0 Å². The molecule has 1 saturated heterocycles. The molecule has 1 amide bonds. The summed E-state index contributed by atoms with van der Waals surface area (Å²) >= 11 is 6.17. The molecule has 0 radical (unpaired) electrons. The molecule has 1 aliphatic rings. The van der Waals surface area contributed by atoms with Crippen LogP contribution in [-0.2, 0) is 19.6 Å². The number of sulfonamides is 1. The van der Waals surface area contributed by atoms with E-state index in [2.05, 4.69) is 10.2 Å². The van der Waals surface area contributed by atoms with Crippen LogP contribution in [0.25, 0.3) is 0 Å². The smallest absolute Gasteiger partial charge is 0.264 e. The average Bonchev–Trinajstić information content (AvgIpc) is 2.85. The highest BCUT2D eigenvalue weighted by Gasteiger charge is 2.28. The predicted molar refractivity (Wildman–Crippen MR) is 135 cm³/mol. The van der Waals surface area contributed by atoms with Crippen LogP contribution in [0.4, 0.5) is 17.1 Å². The van der Waals surface area contributed by atoms with Crippen molar-refractivity contribution in [3.63, 3.8) is 0 Å². The first-order chi connectivity index (χ1) is 16.3. The van der Waals surface area contributed by atoms with Gasteiger partial charge < -0.3 is 15.0 Å². The molecule has 34 heavy (non-hydrogen) atoms. The minimum absolute atomic E-state index is 0.0945. The molecule has 9 heteroatoms. The van der Waals surface area contributed by atoms with E-state index in [1.54, 1.807) is 43.3 Å². The first-order valence-corrected chi connectivity index (χ1v) is 12.7. The molecule has 3 aromatic rings. The van der Waals surface area contributed by atoms with E-state index in [0.29, 0.717) is 35.2 Å². The summed E-state index contributed by atoms with van der Waals surface area (Å²) in [5.41, 5.74) is 2.67. The van der Waals surface area contributed by atoms with E-state index in [1.165, 1.54) is 12.1 Å². The van der Waals surface area contributed by atoms with E-state index in [1.807, 2.05) is 24.3 Å². The number of carbonyl (C=O) groups excluding carboxylic acids is 1. The van der Waals surface area contributed by atoms with Gasteiger partial charge in [0.15, 0.2) is 0 Å². The maximum atomic E-state index is 13.5. The summed E-state index contributed by atoms with van der Waals surface area (Å²) in [7, 11) is -4.01. The second kappa shape index (κ2) is 10.5. The van der Waals surface area contributed by atoms with Gasteiger partial charge in [0.25, 0.3) is 10.0 Å². The lowest BCUT2D eigenvalue weighted by Gasteiger charge is -2.29. The Morgan fingerprint density at radius 3 is 2.38 bits per heavy atom. The van der Waals surface area contributed by atoms with Gasteiger partial charge in [0.05, 0.1) is 23.8 Å². The SMILES string of the molecule is Cc1ccc(Cl)cc1N(CC(=O)Nc1ccc(N2CCOCC2)cc1)S(=O)(=O)c1ccccc1. The van der Waals surface area contributed by atoms with Gasteiger partial charge in [-0.3, -0.25) is 9.10 Å². The van der Waals surface area contributed by atoms with E-state index in [9.17, 15) is 13.2 Å². The third-order valence-electron chi connectivity index (χ3n) is 5.59. The fraction of sp³-hybridized carbons (Fsp3) is 0.240. The number of aryl methyl sites for hydroxylation is 1. The van der Waals surface area contributed by atoms with Gasteiger partial charge in [0.2, 0.25) is 5.91 Å². The van der Waals surface area contributed by atoms with Crippen LogP contribution in [0, 0.1) is 6.92 Å². The Kier molecular flexibility index (Phi) is 7.41. The second-order valence-electron chi connectivity index (χ2n) is 7.95. The van der Waals surface area contributed by atoms with Crippen LogP contribution in [0.3, 0.4) is 0 Å². The van der Waals surface area contributed by atoms with Crippen molar-refractivity contribution in [1.82, 2.24) is 0 Å². The summed E-state index contributed by atoms with van der Waals surface area (Å²) in [5, 5.41) is 3.19. The fourth-order valence-corrected chi connectivity index (χ4v) is 5.44. The van der Waals surface area contributed by atoms with Crippen molar-refractivity contribution in [1.29, 1.82) is 0 Å². The lowest BCUT2D eigenvalue weighted by atomic mass is 10.2. The number of anilines is 3. The number of morpholine rings is 1. The van der Waals surface area contributed by atoms with Gasteiger partial charge in [-0.05, 0) is 61.0 Å². The fourth-order valence-electron chi connectivity index (χ4n) is 3.78. The van der Waals surface area contributed by atoms with Gasteiger partial charge in [-0.25, -0.2) is 8.42 Å². The molecule has 0 unspecified atom stereocenters. The van der Waals surface area contributed by atoms with Gasteiger partial charge in [-0.1, -0.05) is 35.9 Å². The molecule has 0 atom stereocenters. The predicted octanol–water partition coefficient (Wildman–Crippen LogP) is 4.32. The summed E-state index contributed by atoms with van der Waals surface area (Å²) in [6, 6.07) is 20.5. The van der Waals surface area contributed by atoms with Crippen LogP contribution in [0.15, 0.2) is 77.7 Å². The van der Waals surface area contributed by atoms with Crippen molar-refractivity contribution in [2.45, 2.75) is 11.8 Å². The van der Waals surface area contributed by atoms with E-state index in [4.69, 9.17) is 16.3 Å². The number of hydrogen-bond acceptors (Lipinski definition) is 5. The van der Waals surface area contributed by atoms with Crippen molar-refractivity contribution in [3.8, 4) is 0 Å². The van der Waals surface area contributed by atoms with Crippen LogP contribution in [0.5, 0.6) is 0 Å². The van der Waals surface area contributed by atoms with Crippen LogP contribution >= 0.6 is 11.6 Å². The Labute approximate surface area is 205 Å². The highest BCUT2D eigenvalue weighted by atomic mass is 35.5. The number of benzene rings is 3. The average molecular weight is 500 g/mol. The molecule has 0 bridgehead atoms. The lowest BCUT2D eigenvalue weighted by Crippen LogP contribution is -2.38. The largest absolute Gasteiger partial charge is 0.378 e. The Balaban J connectivity index is 1.56. The number of carbonyl (C=O) groups is 1. The number of hydrogen-bond donors (Lipinski definition) is 1. The summed E-state index contributed by atoms with van der Waals surface area (Å²) in [4.78, 5) is 15.3. The second-order valence-corrected chi connectivity index (χ2v) is 10.2. The topological polar surface area (TPSA) is 79.0 Å². The maximum Gasteiger partial charge on any atom is 0.264 e. The van der Waals surface area contributed by atoms with Crippen molar-refractivity contribution >= 4 is 44.6 Å². The molecular weight excluding hydrogens is 474 g/mol. The Hall–Kier alpha value is -3.07. The van der Waals surface area contributed by atoms with E-state index in [-0.39, 0.29) is 4.90 Å². The molecule has 1 fully saturated rings. The van der Waals surface area contributed by atoms with Crippen molar-refractivity contribution in [3.05, 3.63) is 83.4 Å². The van der Waals surface area contributed by atoms with E-state index in [0.717, 1.165) is 23.1 Å². The van der Waals surface area contributed by atoms with Gasteiger partial charge in [-0.2, -0.15) is 0 Å². The Morgan fingerprint density at radius 2 is 1.71 bits per heavy atom. The zero-order valence-corrected chi connectivity index (χ0v) is 20.3. The number of rotatable bonds is 7. The molecule has 0 spiro atoms. The van der Waals surface area contributed by atoms with Crippen LogP contribution in [0.2, 0.25) is 5.02 Å². The Bertz CT molecular complexity index is 1240. The van der Waals surface area contributed by atoms with Crippen LogP contribution in [0.1, 0.15) is 5.56 Å². The van der Waals surface area contributed by atoms with Crippen LogP contribution < -0.4 is 14.5 Å². The molecule has 7 nitrogen and oxygen atoms in total. The summed E-state index contributed by atoms with van der Waals surface area (Å²) in [5.74, 6) is -0.460. The summed E-state index contributed by atoms with van der Waals surface area (Å²) < 4.78 is 33.5. The monoisotopic (exact) mass is 499 g/mol. The molecule has 178 valence electrons. The summed E-state index contributed by atoms with van der Waals surface area (Å²) in [6.07, 6.45) is 0. The standard InChI is InChI=1S/C25H26ClN3O4S/c1-19-7-8-20(26)17-24(19)29(34(31,32)23-5-3-2-4-6-23)18-25(30)27-21-9-11-22(12-10-21)28-13-15-33-16-14-28/h2-12,17H,13-16,18H2,1H3,(H,27,30). The minimum atomic E-state index is -4.01. The zero-order chi connectivity index (χ0) is 24.1. The third-order valence-corrected chi connectivity index (χ3v) is 7.59. The highest BCUT2D eigenvalue weighted by Crippen LogP contribution is 2.29. The maximum absolute atomic E-state index is 13.5. The Morgan fingerprint density at radius 1 is 1.03 bits per heavy atom. The van der Waals surface area contributed by atoms with E-state index < -0.39 is 22.5 Å². The molecule has 1 heterocycles. The normalized spacial score (nSPS) is 14.0. The highest BCUT2D eigenvalue weighted by molar-refractivity contribution is 7.92. The number of halogens is 1. The molecule has 0 aliphatic carbocycles.